The molecule has 0 unspecified atom stereocenters. The zero-order chi connectivity index (χ0) is 11.1. The maximum atomic E-state index is 11.6. The van der Waals surface area contributed by atoms with Gasteiger partial charge in [0.15, 0.2) is 0 Å². The highest BCUT2D eigenvalue weighted by atomic mass is 32.2. The molecule has 0 atom stereocenters. The normalized spacial score (nSPS) is 20.9. The van der Waals surface area contributed by atoms with Gasteiger partial charge in [-0.15, -0.1) is 0 Å². The fourth-order valence-corrected chi connectivity index (χ4v) is 3.26. The maximum Gasteiger partial charge on any atom is 0.214 e. The Hall–Kier alpha value is -0.880. The molecule has 1 saturated heterocycles. The Kier molecular flexibility index (Phi) is 2.56. The fourth-order valence-electron chi connectivity index (χ4n) is 1.77. The average molecular weight is 230 g/mol. The van der Waals surface area contributed by atoms with Crippen LogP contribution < -0.4 is 0 Å². The summed E-state index contributed by atoms with van der Waals surface area (Å²) in [6.07, 6.45) is 0.714. The molecule has 0 amide bonds. The van der Waals surface area contributed by atoms with Gasteiger partial charge in [0.25, 0.3) is 0 Å². The van der Waals surface area contributed by atoms with Crippen LogP contribution >= 0.6 is 0 Å². The van der Waals surface area contributed by atoms with E-state index in [1.54, 1.807) is 6.92 Å². The number of hydrogen-bond donors (Lipinski definition) is 0. The van der Waals surface area contributed by atoms with Gasteiger partial charge in [0.05, 0.1) is 11.4 Å². The van der Waals surface area contributed by atoms with Crippen LogP contribution in [-0.2, 0) is 16.6 Å². The second-order valence-electron chi connectivity index (χ2n) is 3.81. The first kappa shape index (κ1) is 10.6. The quantitative estimate of drug-likeness (QED) is 0.754. The van der Waals surface area contributed by atoms with Gasteiger partial charge in [0, 0.05) is 18.7 Å². The third-order valence-electron chi connectivity index (χ3n) is 2.72. The molecular weight excluding hydrogens is 216 g/mol. The SMILES string of the molecule is Cc1noc(C)c1CN1CCCS1(=O)=O. The summed E-state index contributed by atoms with van der Waals surface area (Å²) < 4.78 is 29.7. The largest absolute Gasteiger partial charge is 0.361 e. The first-order valence-electron chi connectivity index (χ1n) is 4.90. The molecule has 2 rings (SSSR count). The molecule has 5 nitrogen and oxygen atoms in total. The van der Waals surface area contributed by atoms with Crippen molar-refractivity contribution in [3.63, 3.8) is 0 Å². The van der Waals surface area contributed by atoms with Gasteiger partial charge in [-0.3, -0.25) is 0 Å². The van der Waals surface area contributed by atoms with Gasteiger partial charge in [-0.05, 0) is 20.3 Å². The molecule has 0 radical (unpaired) electrons. The van der Waals surface area contributed by atoms with Crippen LogP contribution in [0, 0.1) is 13.8 Å². The van der Waals surface area contributed by atoms with Crippen LogP contribution in [0.3, 0.4) is 0 Å². The van der Waals surface area contributed by atoms with Crippen LogP contribution in [0.1, 0.15) is 23.4 Å². The molecule has 84 valence electrons. The fraction of sp³-hybridized carbons (Fsp3) is 0.667. The minimum atomic E-state index is -3.03. The highest BCUT2D eigenvalue weighted by molar-refractivity contribution is 7.89. The third kappa shape index (κ3) is 1.91. The topological polar surface area (TPSA) is 63.4 Å². The number of aryl methyl sites for hydroxylation is 2. The second kappa shape index (κ2) is 3.61. The molecular formula is C9H14N2O3S. The van der Waals surface area contributed by atoms with E-state index in [1.165, 1.54) is 4.31 Å². The Balaban J connectivity index is 2.23. The van der Waals surface area contributed by atoms with Crippen molar-refractivity contribution in [1.82, 2.24) is 9.46 Å². The average Bonchev–Trinajstić information content (AvgIpc) is 2.63. The molecule has 1 fully saturated rings. The minimum Gasteiger partial charge on any atom is -0.361 e. The molecule has 2 heterocycles. The predicted molar refractivity (Wildman–Crippen MR) is 54.8 cm³/mol. The molecule has 0 N–H and O–H groups in total. The van der Waals surface area contributed by atoms with Gasteiger partial charge in [-0.1, -0.05) is 5.16 Å². The molecule has 1 aliphatic heterocycles. The third-order valence-corrected chi connectivity index (χ3v) is 4.62. The van der Waals surface area contributed by atoms with E-state index in [4.69, 9.17) is 4.52 Å². The summed E-state index contributed by atoms with van der Waals surface area (Å²) in [5.41, 5.74) is 1.66. The Morgan fingerprint density at radius 1 is 1.47 bits per heavy atom. The van der Waals surface area contributed by atoms with E-state index >= 15 is 0 Å². The van der Waals surface area contributed by atoms with E-state index in [9.17, 15) is 8.42 Å². The molecule has 0 aromatic carbocycles. The highest BCUT2D eigenvalue weighted by Crippen LogP contribution is 2.21. The minimum absolute atomic E-state index is 0.260. The summed E-state index contributed by atoms with van der Waals surface area (Å²) in [7, 11) is -3.03. The van der Waals surface area contributed by atoms with Gasteiger partial charge >= 0.3 is 0 Å². The van der Waals surface area contributed by atoms with E-state index in [2.05, 4.69) is 5.16 Å². The van der Waals surface area contributed by atoms with Crippen molar-refractivity contribution in [2.45, 2.75) is 26.8 Å². The Bertz CT molecular complexity index is 444. The Morgan fingerprint density at radius 3 is 2.67 bits per heavy atom. The van der Waals surface area contributed by atoms with Crippen molar-refractivity contribution in [1.29, 1.82) is 0 Å². The summed E-state index contributed by atoms with van der Waals surface area (Å²) >= 11 is 0. The van der Waals surface area contributed by atoms with E-state index in [-0.39, 0.29) is 5.75 Å². The molecule has 15 heavy (non-hydrogen) atoms. The highest BCUT2D eigenvalue weighted by Gasteiger charge is 2.29. The van der Waals surface area contributed by atoms with Crippen LogP contribution in [0.25, 0.3) is 0 Å². The lowest BCUT2D eigenvalue weighted by Crippen LogP contribution is -2.25. The van der Waals surface area contributed by atoms with Crippen molar-refractivity contribution in [3.05, 3.63) is 17.0 Å². The summed E-state index contributed by atoms with van der Waals surface area (Å²) in [5, 5.41) is 3.81. The number of rotatable bonds is 2. The van der Waals surface area contributed by atoms with Crippen LogP contribution in [0.5, 0.6) is 0 Å². The number of aromatic nitrogens is 1. The monoisotopic (exact) mass is 230 g/mol. The molecule has 1 aromatic rings. The summed E-state index contributed by atoms with van der Waals surface area (Å²) in [5.74, 6) is 0.964. The first-order chi connectivity index (χ1) is 7.00. The predicted octanol–water partition coefficient (Wildman–Crippen LogP) is 0.827. The number of sulfonamides is 1. The lowest BCUT2D eigenvalue weighted by atomic mass is 10.2. The van der Waals surface area contributed by atoms with Crippen LogP contribution in [0.4, 0.5) is 0 Å². The van der Waals surface area contributed by atoms with Crippen molar-refractivity contribution in [2.75, 3.05) is 12.3 Å². The Morgan fingerprint density at radius 2 is 2.20 bits per heavy atom. The second-order valence-corrected chi connectivity index (χ2v) is 5.89. The van der Waals surface area contributed by atoms with Gasteiger partial charge in [-0.25, -0.2) is 8.42 Å². The van der Waals surface area contributed by atoms with E-state index < -0.39 is 10.0 Å². The molecule has 0 saturated carbocycles. The number of nitrogens with zero attached hydrogens (tertiary/aromatic N) is 2. The van der Waals surface area contributed by atoms with Crippen LogP contribution in [-0.4, -0.2) is 30.2 Å². The zero-order valence-electron chi connectivity index (χ0n) is 8.86. The molecule has 6 heteroatoms. The van der Waals surface area contributed by atoms with Gasteiger partial charge in [0.1, 0.15) is 5.76 Å². The first-order valence-corrected chi connectivity index (χ1v) is 6.51. The van der Waals surface area contributed by atoms with Gasteiger partial charge < -0.3 is 4.52 Å². The standard InChI is InChI=1S/C9H14N2O3S/c1-7-9(8(2)14-10-7)6-11-4-3-5-15(11,12)13/h3-6H2,1-2H3. The lowest BCUT2D eigenvalue weighted by molar-refractivity contribution is 0.388. The van der Waals surface area contributed by atoms with Crippen LogP contribution in [0.2, 0.25) is 0 Å². The van der Waals surface area contributed by atoms with Gasteiger partial charge in [0.2, 0.25) is 10.0 Å². The summed E-state index contributed by atoms with van der Waals surface area (Å²) in [4.78, 5) is 0. The molecule has 1 aliphatic rings. The molecule has 1 aromatic heterocycles. The van der Waals surface area contributed by atoms with E-state index in [0.29, 0.717) is 25.3 Å². The van der Waals surface area contributed by atoms with Crippen molar-refractivity contribution >= 4 is 10.0 Å². The van der Waals surface area contributed by atoms with Crippen molar-refractivity contribution in [2.24, 2.45) is 0 Å². The van der Waals surface area contributed by atoms with Crippen LogP contribution in [0.15, 0.2) is 4.52 Å². The molecule has 0 bridgehead atoms. The van der Waals surface area contributed by atoms with Gasteiger partial charge in [-0.2, -0.15) is 4.31 Å². The van der Waals surface area contributed by atoms with Crippen molar-refractivity contribution < 1.29 is 12.9 Å². The lowest BCUT2D eigenvalue weighted by Gasteiger charge is -2.13. The van der Waals surface area contributed by atoms with E-state index in [0.717, 1.165) is 11.3 Å². The zero-order valence-corrected chi connectivity index (χ0v) is 9.67. The molecule has 0 aliphatic carbocycles. The smallest absolute Gasteiger partial charge is 0.214 e. The number of hydrogen-bond acceptors (Lipinski definition) is 4. The van der Waals surface area contributed by atoms with Crippen molar-refractivity contribution in [3.8, 4) is 0 Å². The Labute approximate surface area is 89.1 Å². The van der Waals surface area contributed by atoms with E-state index in [1.807, 2.05) is 6.92 Å². The molecule has 0 spiro atoms. The maximum absolute atomic E-state index is 11.6. The summed E-state index contributed by atoms with van der Waals surface area (Å²) in [6, 6.07) is 0. The summed E-state index contributed by atoms with van der Waals surface area (Å²) in [6.45, 7) is 4.63.